The van der Waals surface area contributed by atoms with Crippen LogP contribution in [-0.4, -0.2) is 40.3 Å². The van der Waals surface area contributed by atoms with Gasteiger partial charge in [0.25, 0.3) is 0 Å². The van der Waals surface area contributed by atoms with Crippen LogP contribution in [0.3, 0.4) is 0 Å². The zero-order chi connectivity index (χ0) is 22.5. The van der Waals surface area contributed by atoms with E-state index in [0.29, 0.717) is 6.42 Å². The Balaban J connectivity index is 3.53. The summed E-state index contributed by atoms with van der Waals surface area (Å²) in [5.41, 5.74) is 0. The van der Waals surface area contributed by atoms with Crippen molar-refractivity contribution in [1.82, 2.24) is 0 Å². The number of phosphoric acid groups is 1. The summed E-state index contributed by atoms with van der Waals surface area (Å²) in [5, 5.41) is 8.62. The van der Waals surface area contributed by atoms with E-state index in [9.17, 15) is 9.36 Å². The Kier molecular flexibility index (Phi) is 19.2. The molecule has 0 aromatic rings. The molecule has 0 spiro atoms. The fourth-order valence-corrected chi connectivity index (χ4v) is 2.99. The van der Waals surface area contributed by atoms with Crippen molar-refractivity contribution in [1.29, 1.82) is 0 Å². The highest BCUT2D eigenvalue weighted by Gasteiger charge is 2.20. The smallest absolute Gasteiger partial charge is 0.463 e. The summed E-state index contributed by atoms with van der Waals surface area (Å²) in [6.45, 7) is 1.29. The van der Waals surface area contributed by atoms with Gasteiger partial charge in [-0.25, -0.2) is 9.45 Å². The minimum Gasteiger partial charge on any atom is -0.463 e. The number of unbranched alkanes of at least 4 members (excludes halogenated alkanes) is 8. The molecule has 0 saturated heterocycles. The van der Waals surface area contributed by atoms with Crippen molar-refractivity contribution in [2.45, 2.75) is 90.1 Å². The van der Waals surface area contributed by atoms with Crippen molar-refractivity contribution in [3.05, 3.63) is 24.3 Å². The number of phosphoric ester groups is 1. The van der Waals surface area contributed by atoms with Gasteiger partial charge < -0.3 is 14.5 Å². The molecule has 8 nitrogen and oxygen atoms in total. The van der Waals surface area contributed by atoms with E-state index < -0.39 is 26.5 Å². The van der Waals surface area contributed by atoms with Crippen LogP contribution in [-0.2, 0) is 23.5 Å². The summed E-state index contributed by atoms with van der Waals surface area (Å²) >= 11 is 0. The Morgan fingerprint density at radius 1 is 0.900 bits per heavy atom. The Morgan fingerprint density at radius 3 is 2.10 bits per heavy atom. The summed E-state index contributed by atoms with van der Waals surface area (Å²) < 4.78 is 19.7. The molecule has 0 bridgehead atoms. The van der Waals surface area contributed by atoms with Crippen molar-refractivity contribution in [3.8, 4) is 0 Å². The molecule has 0 aromatic carbocycles. The number of carbonyl (C=O) groups is 1. The first kappa shape index (κ1) is 29.0. The molecule has 0 fully saturated rings. The van der Waals surface area contributed by atoms with Gasteiger partial charge in [0, 0.05) is 6.42 Å². The lowest BCUT2D eigenvalue weighted by molar-refractivity contribution is -0.290. The molecule has 0 amide bonds. The topological polar surface area (TPSA) is 123 Å². The maximum Gasteiger partial charge on any atom is 0.469 e. The molecule has 1 atom stereocenters. The third-order valence-corrected chi connectivity index (χ3v) is 4.82. The average Bonchev–Trinajstić information content (AvgIpc) is 2.70. The SMILES string of the molecule is CCCCCC=CCC=CCCCCCCCC(=O)OC[C@H](COP(=O)(O)O)OO. The first-order chi connectivity index (χ1) is 14.4. The average molecular weight is 451 g/mol. The Hall–Kier alpha value is -1.02. The van der Waals surface area contributed by atoms with E-state index in [0.717, 1.165) is 38.5 Å². The van der Waals surface area contributed by atoms with Crippen molar-refractivity contribution in [2.24, 2.45) is 0 Å². The first-order valence-corrected chi connectivity index (χ1v) is 12.4. The molecule has 0 rings (SSSR count). The Bertz CT molecular complexity index is 515. The fraction of sp³-hybridized carbons (Fsp3) is 0.762. The van der Waals surface area contributed by atoms with Gasteiger partial charge in [0.05, 0.1) is 6.61 Å². The Labute approximate surface area is 180 Å². The molecule has 0 radical (unpaired) electrons. The highest BCUT2D eigenvalue weighted by molar-refractivity contribution is 7.46. The fourth-order valence-electron chi connectivity index (χ4n) is 2.63. The van der Waals surface area contributed by atoms with E-state index in [4.69, 9.17) is 19.8 Å². The minimum absolute atomic E-state index is 0.252. The molecule has 0 heterocycles. The van der Waals surface area contributed by atoms with Gasteiger partial charge in [-0.1, -0.05) is 63.3 Å². The second-order valence-electron chi connectivity index (χ2n) is 7.18. The van der Waals surface area contributed by atoms with Crippen molar-refractivity contribution >= 4 is 13.8 Å². The predicted molar refractivity (Wildman–Crippen MR) is 116 cm³/mol. The summed E-state index contributed by atoms with van der Waals surface area (Å²) in [7, 11) is -4.67. The third-order valence-electron chi connectivity index (χ3n) is 4.34. The van der Waals surface area contributed by atoms with Gasteiger partial charge in [0.2, 0.25) is 0 Å². The summed E-state index contributed by atoms with van der Waals surface area (Å²) in [6, 6.07) is 0. The lowest BCUT2D eigenvalue weighted by atomic mass is 10.1. The number of ether oxygens (including phenoxy) is 1. The van der Waals surface area contributed by atoms with Crippen LogP contribution in [0.2, 0.25) is 0 Å². The van der Waals surface area contributed by atoms with Crippen LogP contribution >= 0.6 is 7.82 Å². The van der Waals surface area contributed by atoms with Gasteiger partial charge in [-0.05, 0) is 38.5 Å². The van der Waals surface area contributed by atoms with Crippen LogP contribution in [0.1, 0.15) is 84.0 Å². The third kappa shape index (κ3) is 21.7. The molecule has 0 aliphatic heterocycles. The monoisotopic (exact) mass is 450 g/mol. The number of carbonyl (C=O) groups excluding carboxylic acids is 1. The van der Waals surface area contributed by atoms with Crippen molar-refractivity contribution < 1.29 is 38.6 Å². The highest BCUT2D eigenvalue weighted by atomic mass is 31.2. The molecular formula is C21H39O8P. The van der Waals surface area contributed by atoms with Crippen LogP contribution in [0.5, 0.6) is 0 Å². The number of allylic oxidation sites excluding steroid dienone is 4. The summed E-state index contributed by atoms with van der Waals surface area (Å²) in [4.78, 5) is 32.8. The molecule has 9 heteroatoms. The summed E-state index contributed by atoms with van der Waals surface area (Å²) in [5.74, 6) is -0.445. The number of rotatable bonds is 20. The van der Waals surface area contributed by atoms with Crippen molar-refractivity contribution in [2.75, 3.05) is 13.2 Å². The van der Waals surface area contributed by atoms with Gasteiger partial charge in [-0.3, -0.25) is 14.6 Å². The van der Waals surface area contributed by atoms with Crippen LogP contribution in [0, 0.1) is 0 Å². The van der Waals surface area contributed by atoms with Crippen LogP contribution < -0.4 is 0 Å². The zero-order valence-electron chi connectivity index (χ0n) is 18.1. The molecule has 30 heavy (non-hydrogen) atoms. The largest absolute Gasteiger partial charge is 0.469 e. The first-order valence-electron chi connectivity index (χ1n) is 10.8. The van der Waals surface area contributed by atoms with Gasteiger partial charge in [-0.15, -0.1) is 0 Å². The second-order valence-corrected chi connectivity index (χ2v) is 8.42. The molecule has 0 aromatic heterocycles. The maximum absolute atomic E-state index is 11.6. The molecule has 0 aliphatic carbocycles. The summed E-state index contributed by atoms with van der Waals surface area (Å²) in [6.07, 6.45) is 20.1. The van der Waals surface area contributed by atoms with E-state index in [1.807, 2.05) is 0 Å². The van der Waals surface area contributed by atoms with E-state index >= 15 is 0 Å². The van der Waals surface area contributed by atoms with Gasteiger partial charge in [0.15, 0.2) is 6.10 Å². The van der Waals surface area contributed by atoms with Gasteiger partial charge in [-0.2, -0.15) is 0 Å². The van der Waals surface area contributed by atoms with E-state index in [1.54, 1.807) is 0 Å². The molecule has 0 saturated carbocycles. The van der Waals surface area contributed by atoms with Gasteiger partial charge >= 0.3 is 13.8 Å². The van der Waals surface area contributed by atoms with Crippen molar-refractivity contribution in [3.63, 3.8) is 0 Å². The minimum atomic E-state index is -4.67. The normalized spacial score (nSPS) is 13.3. The lowest BCUT2D eigenvalue weighted by Crippen LogP contribution is -2.25. The van der Waals surface area contributed by atoms with Crippen LogP contribution in [0.15, 0.2) is 24.3 Å². The van der Waals surface area contributed by atoms with E-state index in [2.05, 4.69) is 40.6 Å². The lowest BCUT2D eigenvalue weighted by Gasteiger charge is -2.14. The number of esters is 1. The number of hydrogen-bond acceptors (Lipinski definition) is 6. The molecule has 0 aliphatic rings. The zero-order valence-corrected chi connectivity index (χ0v) is 19.0. The quantitative estimate of drug-likeness (QED) is 0.0569. The second kappa shape index (κ2) is 19.9. The van der Waals surface area contributed by atoms with E-state index in [1.165, 1.54) is 25.7 Å². The maximum atomic E-state index is 11.6. The molecule has 3 N–H and O–H groups in total. The molecule has 0 unspecified atom stereocenters. The van der Waals surface area contributed by atoms with E-state index in [-0.39, 0.29) is 13.0 Å². The predicted octanol–water partition coefficient (Wildman–Crippen LogP) is 5.31. The highest BCUT2D eigenvalue weighted by Crippen LogP contribution is 2.35. The van der Waals surface area contributed by atoms with Crippen LogP contribution in [0.4, 0.5) is 0 Å². The molecular weight excluding hydrogens is 411 g/mol. The van der Waals surface area contributed by atoms with Crippen LogP contribution in [0.25, 0.3) is 0 Å². The van der Waals surface area contributed by atoms with Gasteiger partial charge in [0.1, 0.15) is 6.61 Å². The molecule has 176 valence electrons. The standard InChI is InChI=1S/C21H39O8P/c1-2-3-4-5-6-7-8-9-10-11-12-13-14-15-16-17-21(22)27-18-20(29-23)19-28-30(24,25)26/h6-7,9-10,20,23H,2-5,8,11-19H2,1H3,(H2,24,25,26)/t20-/m1/s1. The number of hydrogen-bond donors (Lipinski definition) is 3. The Morgan fingerprint density at radius 2 is 1.50 bits per heavy atom.